The molecule has 1 aromatic carbocycles. The monoisotopic (exact) mass is 314 g/mol. The Morgan fingerprint density at radius 3 is 2.44 bits per heavy atom. The van der Waals surface area contributed by atoms with Crippen LogP contribution in [-0.2, 0) is 4.79 Å². The molecule has 98 valence electrons. The molecule has 0 aromatic heterocycles. The zero-order chi connectivity index (χ0) is 13.9. The molecule has 0 radical (unpaired) electrons. The molecule has 1 aromatic rings. The van der Waals surface area contributed by atoms with Crippen molar-refractivity contribution in [3.05, 3.63) is 28.2 Å². The van der Waals surface area contributed by atoms with Crippen LogP contribution in [0.3, 0.4) is 0 Å². The molecule has 0 aliphatic heterocycles. The van der Waals surface area contributed by atoms with Crippen LogP contribution in [0, 0.1) is 5.92 Å². The first-order valence-corrected chi connectivity index (χ1v) is 6.21. The van der Waals surface area contributed by atoms with E-state index in [1.807, 2.05) is 0 Å². The van der Waals surface area contributed by atoms with Crippen LogP contribution in [0.15, 0.2) is 22.7 Å². The van der Waals surface area contributed by atoms with Gasteiger partial charge in [0, 0.05) is 10.2 Å². The maximum absolute atomic E-state index is 11.9. The molecule has 0 heterocycles. The Hall–Kier alpha value is -1.56. The van der Waals surface area contributed by atoms with Gasteiger partial charge in [-0.3, -0.25) is 4.79 Å². The van der Waals surface area contributed by atoms with E-state index in [1.54, 1.807) is 32.0 Å². The summed E-state index contributed by atoms with van der Waals surface area (Å²) in [6, 6.07) is 3.89. The van der Waals surface area contributed by atoms with E-state index in [-0.39, 0.29) is 11.5 Å². The molecule has 0 fully saturated rings. The molecule has 0 aliphatic carbocycles. The van der Waals surface area contributed by atoms with Crippen molar-refractivity contribution in [3.63, 3.8) is 0 Å². The second kappa shape index (κ2) is 5.86. The molecule has 0 spiro atoms. The van der Waals surface area contributed by atoms with Crippen LogP contribution in [0.2, 0.25) is 0 Å². The van der Waals surface area contributed by atoms with E-state index in [4.69, 9.17) is 10.8 Å². The third kappa shape index (κ3) is 3.46. The summed E-state index contributed by atoms with van der Waals surface area (Å²) in [5, 5.41) is 11.5. The lowest BCUT2D eigenvalue weighted by Crippen LogP contribution is -2.44. The van der Waals surface area contributed by atoms with E-state index in [0.29, 0.717) is 5.69 Å². The number of nitrogens with two attached hydrogens (primary N) is 1. The molecule has 1 rings (SSSR count). The summed E-state index contributed by atoms with van der Waals surface area (Å²) in [7, 11) is 0. The maximum atomic E-state index is 11.9. The molecule has 1 amide bonds. The normalized spacial score (nSPS) is 12.2. The average Bonchev–Trinajstić information content (AvgIpc) is 2.24. The molecule has 6 heteroatoms. The zero-order valence-electron chi connectivity index (χ0n) is 10.1. The number of amides is 1. The number of carboxylic acid groups (broad SMARTS) is 1. The van der Waals surface area contributed by atoms with Crippen LogP contribution >= 0.6 is 15.9 Å². The topological polar surface area (TPSA) is 92.4 Å². The van der Waals surface area contributed by atoms with Gasteiger partial charge in [-0.15, -0.1) is 0 Å². The van der Waals surface area contributed by atoms with Gasteiger partial charge in [0.1, 0.15) is 6.04 Å². The number of hydrogen-bond acceptors (Lipinski definition) is 3. The van der Waals surface area contributed by atoms with E-state index < -0.39 is 17.9 Å². The van der Waals surface area contributed by atoms with Crippen molar-refractivity contribution in [1.82, 2.24) is 5.32 Å². The first kappa shape index (κ1) is 14.5. The Bertz CT molecular complexity index is 474. The summed E-state index contributed by atoms with van der Waals surface area (Å²) in [4.78, 5) is 22.9. The number of anilines is 1. The molecule has 0 aliphatic rings. The summed E-state index contributed by atoms with van der Waals surface area (Å²) < 4.78 is 0.759. The highest BCUT2D eigenvalue weighted by atomic mass is 79.9. The number of rotatable bonds is 4. The lowest BCUT2D eigenvalue weighted by Gasteiger charge is -2.18. The lowest BCUT2D eigenvalue weighted by atomic mass is 10.0. The molecule has 0 saturated heterocycles. The van der Waals surface area contributed by atoms with Gasteiger partial charge in [0.25, 0.3) is 5.91 Å². The molecule has 0 bridgehead atoms. The van der Waals surface area contributed by atoms with Crippen molar-refractivity contribution in [1.29, 1.82) is 0 Å². The van der Waals surface area contributed by atoms with Gasteiger partial charge in [-0.25, -0.2) is 4.79 Å². The smallest absolute Gasteiger partial charge is 0.326 e. The summed E-state index contributed by atoms with van der Waals surface area (Å²) in [5.74, 6) is -1.75. The van der Waals surface area contributed by atoms with Crippen molar-refractivity contribution < 1.29 is 14.7 Å². The van der Waals surface area contributed by atoms with Crippen LogP contribution in [0.1, 0.15) is 24.2 Å². The number of nitrogen functional groups attached to an aromatic ring is 1. The van der Waals surface area contributed by atoms with Gasteiger partial charge in [0.15, 0.2) is 0 Å². The number of halogens is 1. The Morgan fingerprint density at radius 1 is 1.39 bits per heavy atom. The number of carboxylic acids is 1. The second-order valence-corrected chi connectivity index (χ2v) is 5.18. The van der Waals surface area contributed by atoms with Gasteiger partial charge in [-0.2, -0.15) is 0 Å². The second-order valence-electron chi connectivity index (χ2n) is 4.26. The van der Waals surface area contributed by atoms with Crippen LogP contribution < -0.4 is 11.1 Å². The van der Waals surface area contributed by atoms with Crippen molar-refractivity contribution in [2.75, 3.05) is 5.73 Å². The highest BCUT2D eigenvalue weighted by Gasteiger charge is 2.24. The molecular weight excluding hydrogens is 300 g/mol. The Morgan fingerprint density at radius 2 is 2.00 bits per heavy atom. The van der Waals surface area contributed by atoms with Gasteiger partial charge in [-0.05, 0) is 24.1 Å². The zero-order valence-corrected chi connectivity index (χ0v) is 11.7. The van der Waals surface area contributed by atoms with Crippen LogP contribution in [0.25, 0.3) is 0 Å². The molecule has 18 heavy (non-hydrogen) atoms. The van der Waals surface area contributed by atoms with Crippen LogP contribution in [-0.4, -0.2) is 23.0 Å². The number of carbonyl (C=O) groups excluding carboxylic acids is 1. The summed E-state index contributed by atoms with van der Waals surface area (Å²) >= 11 is 3.24. The van der Waals surface area contributed by atoms with Crippen molar-refractivity contribution in [2.24, 2.45) is 5.92 Å². The summed E-state index contributed by atoms with van der Waals surface area (Å²) in [6.45, 7) is 3.45. The van der Waals surface area contributed by atoms with Gasteiger partial charge in [0.2, 0.25) is 0 Å². The molecule has 5 nitrogen and oxygen atoms in total. The fraction of sp³-hybridized carbons (Fsp3) is 0.333. The van der Waals surface area contributed by atoms with Crippen molar-refractivity contribution in [2.45, 2.75) is 19.9 Å². The van der Waals surface area contributed by atoms with E-state index in [1.165, 1.54) is 0 Å². The van der Waals surface area contributed by atoms with Gasteiger partial charge < -0.3 is 16.2 Å². The van der Waals surface area contributed by atoms with Gasteiger partial charge in [0.05, 0.1) is 5.56 Å². The molecule has 1 atom stereocenters. The van der Waals surface area contributed by atoms with Gasteiger partial charge >= 0.3 is 5.97 Å². The number of carbonyl (C=O) groups is 2. The van der Waals surface area contributed by atoms with Crippen molar-refractivity contribution >= 4 is 33.5 Å². The minimum absolute atomic E-state index is 0.205. The lowest BCUT2D eigenvalue weighted by molar-refractivity contribution is -0.140. The minimum atomic E-state index is -1.06. The largest absolute Gasteiger partial charge is 0.480 e. The third-order valence-electron chi connectivity index (χ3n) is 2.48. The summed E-state index contributed by atoms with van der Waals surface area (Å²) in [6.07, 6.45) is 0. The summed E-state index contributed by atoms with van der Waals surface area (Å²) in [5.41, 5.74) is 6.28. The van der Waals surface area contributed by atoms with Gasteiger partial charge in [-0.1, -0.05) is 29.8 Å². The molecule has 1 unspecified atom stereocenters. The van der Waals surface area contributed by atoms with Crippen LogP contribution in [0.5, 0.6) is 0 Å². The third-order valence-corrected chi connectivity index (χ3v) is 2.97. The Balaban J connectivity index is 2.91. The Kier molecular flexibility index (Phi) is 4.72. The van der Waals surface area contributed by atoms with Crippen LogP contribution in [0.4, 0.5) is 5.69 Å². The fourth-order valence-electron chi connectivity index (χ4n) is 1.47. The van der Waals surface area contributed by atoms with E-state index in [2.05, 4.69) is 21.2 Å². The highest BCUT2D eigenvalue weighted by Crippen LogP contribution is 2.18. The number of hydrogen-bond donors (Lipinski definition) is 3. The van der Waals surface area contributed by atoms with Crippen molar-refractivity contribution in [3.8, 4) is 0 Å². The minimum Gasteiger partial charge on any atom is -0.480 e. The molecular formula is C12H15BrN2O3. The highest BCUT2D eigenvalue weighted by molar-refractivity contribution is 9.10. The standard InChI is InChI=1S/C12H15BrN2O3/c1-6(2)10(12(17)18)15-11(16)8-4-3-7(13)5-9(8)14/h3-6,10H,14H2,1-2H3,(H,15,16)(H,17,18). The molecule has 4 N–H and O–H groups in total. The molecule has 0 saturated carbocycles. The number of aliphatic carboxylic acids is 1. The van der Waals surface area contributed by atoms with E-state index in [0.717, 1.165) is 4.47 Å². The predicted molar refractivity (Wildman–Crippen MR) is 72.3 cm³/mol. The number of nitrogens with one attached hydrogen (secondary N) is 1. The first-order chi connectivity index (χ1) is 8.32. The van der Waals surface area contributed by atoms with E-state index in [9.17, 15) is 9.59 Å². The maximum Gasteiger partial charge on any atom is 0.326 e. The SMILES string of the molecule is CC(C)C(NC(=O)c1ccc(Br)cc1N)C(=O)O. The number of benzene rings is 1. The predicted octanol–water partition coefficient (Wildman–Crippen LogP) is 1.87. The van der Waals surface area contributed by atoms with E-state index >= 15 is 0 Å². The fourth-order valence-corrected chi connectivity index (χ4v) is 1.85. The average molecular weight is 315 g/mol. The Labute approximate surface area is 113 Å². The first-order valence-electron chi connectivity index (χ1n) is 5.41. The quantitative estimate of drug-likeness (QED) is 0.740.